The summed E-state index contributed by atoms with van der Waals surface area (Å²) in [4.78, 5) is 3.47. The van der Waals surface area contributed by atoms with Crippen LogP contribution in [-0.2, 0) is 0 Å². The molecule has 0 N–H and O–H groups in total. The molecule has 1 heterocycles. The molecule has 0 aromatic heterocycles. The van der Waals surface area contributed by atoms with E-state index in [1.54, 1.807) is 23.5 Å². The molecule has 0 aliphatic carbocycles. The predicted octanol–water partition coefficient (Wildman–Crippen LogP) is 5.33. The molecule has 0 bridgehead atoms. The Morgan fingerprint density at radius 1 is 0.708 bits per heavy atom. The van der Waals surface area contributed by atoms with Crippen molar-refractivity contribution in [2.75, 3.05) is 0 Å². The molecule has 3 aromatic rings. The Kier molecular flexibility index (Phi) is 4.09. The third-order valence-electron chi connectivity index (χ3n) is 4.04. The molecular weight excluding hydrogens is 328 g/mol. The van der Waals surface area contributed by atoms with Crippen molar-refractivity contribution in [3.05, 3.63) is 94.7 Å². The van der Waals surface area contributed by atoms with Crippen molar-refractivity contribution in [3.63, 3.8) is 0 Å². The van der Waals surface area contributed by atoms with Gasteiger partial charge in [-0.3, -0.25) is 0 Å². The molecule has 0 saturated heterocycles. The van der Waals surface area contributed by atoms with E-state index in [1.165, 1.54) is 31.0 Å². The van der Waals surface area contributed by atoms with Gasteiger partial charge in [0, 0.05) is 14.7 Å². The standard InChI is InChI=1S/C22H16S2/c1-15-11-17-7-5-6-10-20(17)14-23-21-12-18-8-3-4-9-19(18)13-22(21)24-16(15)2/h3-14H,1-2H2/b17-11-,20-14-. The molecule has 1 aliphatic heterocycles. The van der Waals surface area contributed by atoms with E-state index < -0.39 is 0 Å². The average molecular weight is 345 g/mol. The molecule has 0 saturated carbocycles. The summed E-state index contributed by atoms with van der Waals surface area (Å²) >= 11 is 3.47. The second-order valence-electron chi connectivity index (χ2n) is 5.71. The van der Waals surface area contributed by atoms with E-state index in [9.17, 15) is 0 Å². The van der Waals surface area contributed by atoms with Crippen molar-refractivity contribution < 1.29 is 0 Å². The first kappa shape index (κ1) is 15.4. The number of allylic oxidation sites excluding steroid dienone is 1. The largest absolute Gasteiger partial charge is 0.0962 e. The summed E-state index contributed by atoms with van der Waals surface area (Å²) in [5, 5.41) is 7.13. The van der Waals surface area contributed by atoms with Crippen LogP contribution in [0.15, 0.2) is 94.1 Å². The number of hydrogen-bond acceptors (Lipinski definition) is 2. The summed E-state index contributed by atoms with van der Waals surface area (Å²) in [5.74, 6) is 0. The smallest absolute Gasteiger partial charge is 0.0268 e. The van der Waals surface area contributed by atoms with Crippen molar-refractivity contribution >= 4 is 45.8 Å². The highest BCUT2D eigenvalue weighted by molar-refractivity contribution is 8.08. The molecule has 116 valence electrons. The Morgan fingerprint density at radius 2 is 1.33 bits per heavy atom. The third kappa shape index (κ3) is 2.95. The van der Waals surface area contributed by atoms with Gasteiger partial charge in [-0.2, -0.15) is 0 Å². The monoisotopic (exact) mass is 344 g/mol. The van der Waals surface area contributed by atoms with E-state index in [0.29, 0.717) is 0 Å². The Hall–Kier alpha value is -2.16. The van der Waals surface area contributed by atoms with Gasteiger partial charge in [-0.15, -0.1) is 0 Å². The van der Waals surface area contributed by atoms with Crippen LogP contribution in [0.2, 0.25) is 0 Å². The topological polar surface area (TPSA) is 0 Å². The van der Waals surface area contributed by atoms with E-state index in [0.717, 1.165) is 10.5 Å². The molecule has 0 fully saturated rings. The van der Waals surface area contributed by atoms with Crippen molar-refractivity contribution in [3.8, 4) is 0 Å². The molecule has 2 heteroatoms. The fourth-order valence-corrected chi connectivity index (χ4v) is 4.62. The van der Waals surface area contributed by atoms with Crippen molar-refractivity contribution in [1.82, 2.24) is 0 Å². The number of rotatable bonds is 0. The molecule has 0 atom stereocenters. The number of benzene rings is 3. The maximum Gasteiger partial charge on any atom is 0.0268 e. The Labute approximate surface area is 150 Å². The van der Waals surface area contributed by atoms with Crippen LogP contribution in [0.3, 0.4) is 0 Å². The highest BCUT2D eigenvalue weighted by atomic mass is 32.2. The Balaban J connectivity index is 1.97. The van der Waals surface area contributed by atoms with Gasteiger partial charge in [0.25, 0.3) is 0 Å². The minimum atomic E-state index is 0.965. The molecule has 0 nitrogen and oxygen atoms in total. The SMILES string of the molecule is C=C1/C=c2/cccc/c2=C/Sc2cc3ccccc3cc2SC1=C. The minimum absolute atomic E-state index is 0.965. The van der Waals surface area contributed by atoms with Gasteiger partial charge in [-0.1, -0.05) is 85.2 Å². The Bertz CT molecular complexity index is 1090. The molecule has 0 unspecified atom stereocenters. The predicted molar refractivity (Wildman–Crippen MR) is 109 cm³/mol. The summed E-state index contributed by atoms with van der Waals surface area (Å²) in [6.45, 7) is 8.44. The summed E-state index contributed by atoms with van der Waals surface area (Å²) in [6, 6.07) is 21.4. The van der Waals surface area contributed by atoms with Crippen LogP contribution in [0.4, 0.5) is 0 Å². The first-order valence-corrected chi connectivity index (χ1v) is 9.43. The zero-order valence-corrected chi connectivity index (χ0v) is 14.8. The van der Waals surface area contributed by atoms with Gasteiger partial charge < -0.3 is 0 Å². The highest BCUT2D eigenvalue weighted by Crippen LogP contribution is 2.40. The lowest BCUT2D eigenvalue weighted by molar-refractivity contribution is 1.29. The molecule has 4 rings (SSSR count). The zero-order chi connectivity index (χ0) is 16.5. The number of hydrogen-bond donors (Lipinski definition) is 0. The molecule has 1 aliphatic rings. The molecule has 3 aromatic carbocycles. The number of thioether (sulfide) groups is 2. The van der Waals surface area contributed by atoms with E-state index in [2.05, 4.69) is 85.3 Å². The van der Waals surface area contributed by atoms with Crippen LogP contribution in [0, 0.1) is 0 Å². The summed E-state index contributed by atoms with van der Waals surface area (Å²) < 4.78 is 0. The van der Waals surface area contributed by atoms with Crippen molar-refractivity contribution in [1.29, 1.82) is 0 Å². The summed E-state index contributed by atoms with van der Waals surface area (Å²) in [7, 11) is 0. The lowest BCUT2D eigenvalue weighted by Crippen LogP contribution is -2.23. The zero-order valence-electron chi connectivity index (χ0n) is 13.2. The quantitative estimate of drug-likeness (QED) is 0.541. The fraction of sp³-hybridized carbons (Fsp3) is 0. The van der Waals surface area contributed by atoms with Gasteiger partial charge in [0.05, 0.1) is 0 Å². The highest BCUT2D eigenvalue weighted by Gasteiger charge is 2.10. The van der Waals surface area contributed by atoms with Gasteiger partial charge in [0.1, 0.15) is 0 Å². The number of fused-ring (bicyclic) bond motifs is 3. The van der Waals surface area contributed by atoms with Crippen LogP contribution < -0.4 is 10.4 Å². The van der Waals surface area contributed by atoms with Gasteiger partial charge in [0.2, 0.25) is 0 Å². The molecule has 0 spiro atoms. The van der Waals surface area contributed by atoms with Gasteiger partial charge in [-0.25, -0.2) is 0 Å². The molecule has 24 heavy (non-hydrogen) atoms. The molecular formula is C22H16S2. The maximum atomic E-state index is 4.23. The normalized spacial score (nSPS) is 17.2. The summed E-state index contributed by atoms with van der Waals surface area (Å²) in [6.07, 6.45) is 2.12. The third-order valence-corrected chi connectivity index (χ3v) is 6.20. The first-order valence-electron chi connectivity index (χ1n) is 7.73. The second kappa shape index (κ2) is 6.39. The Morgan fingerprint density at radius 3 is 2.08 bits per heavy atom. The molecule has 0 amide bonds. The maximum absolute atomic E-state index is 4.23. The van der Waals surface area contributed by atoms with Gasteiger partial charge >= 0.3 is 0 Å². The lowest BCUT2D eigenvalue weighted by atomic mass is 10.1. The molecule has 0 radical (unpaired) electrons. The van der Waals surface area contributed by atoms with E-state index >= 15 is 0 Å². The summed E-state index contributed by atoms with van der Waals surface area (Å²) in [5.41, 5.74) is 0.965. The average Bonchev–Trinajstić information content (AvgIpc) is 2.60. The van der Waals surface area contributed by atoms with Crippen molar-refractivity contribution in [2.45, 2.75) is 9.79 Å². The fourth-order valence-electron chi connectivity index (χ4n) is 2.71. The van der Waals surface area contributed by atoms with Crippen LogP contribution >= 0.6 is 23.5 Å². The van der Waals surface area contributed by atoms with Gasteiger partial charge in [-0.05, 0) is 50.4 Å². The lowest BCUT2D eigenvalue weighted by Gasteiger charge is -2.12. The minimum Gasteiger partial charge on any atom is -0.0962 e. The van der Waals surface area contributed by atoms with E-state index in [-0.39, 0.29) is 0 Å². The second-order valence-corrected chi connectivity index (χ2v) is 7.75. The van der Waals surface area contributed by atoms with E-state index in [4.69, 9.17) is 0 Å². The van der Waals surface area contributed by atoms with Crippen molar-refractivity contribution in [2.24, 2.45) is 0 Å². The van der Waals surface area contributed by atoms with Crippen LogP contribution in [0.1, 0.15) is 0 Å². The first-order chi connectivity index (χ1) is 11.7. The van der Waals surface area contributed by atoms with Crippen LogP contribution in [0.5, 0.6) is 0 Å². The van der Waals surface area contributed by atoms with Crippen LogP contribution in [0.25, 0.3) is 22.3 Å². The van der Waals surface area contributed by atoms with E-state index in [1.807, 2.05) is 0 Å². The van der Waals surface area contributed by atoms with Gasteiger partial charge in [0.15, 0.2) is 0 Å². The van der Waals surface area contributed by atoms with Crippen LogP contribution in [-0.4, -0.2) is 0 Å².